The molecule has 0 saturated heterocycles. The summed E-state index contributed by atoms with van der Waals surface area (Å²) in [5, 5.41) is 2.70. The number of ketones is 1. The highest BCUT2D eigenvalue weighted by Gasteiger charge is 2.09. The van der Waals surface area contributed by atoms with Crippen LogP contribution in [0.4, 0.5) is 5.69 Å². The van der Waals surface area contributed by atoms with Gasteiger partial charge < -0.3 is 19.7 Å². The second-order valence-electron chi connectivity index (χ2n) is 6.59. The minimum Gasteiger partial charge on any atom is -0.482 e. The zero-order valence-electron chi connectivity index (χ0n) is 16.9. The van der Waals surface area contributed by atoms with Crippen molar-refractivity contribution in [2.45, 2.75) is 19.9 Å². The number of anilines is 1. The number of amides is 1. The van der Waals surface area contributed by atoms with Crippen LogP contribution in [0.15, 0.2) is 48.5 Å². The first-order chi connectivity index (χ1) is 13.9. The number of hydrogen-bond donors (Lipinski definition) is 1. The molecule has 2 aromatic carbocycles. The molecule has 0 bridgehead atoms. The highest BCUT2D eigenvalue weighted by atomic mass is 16.6. The summed E-state index contributed by atoms with van der Waals surface area (Å²) in [7, 11) is 3.91. The Morgan fingerprint density at radius 2 is 1.59 bits per heavy atom. The monoisotopic (exact) mass is 398 g/mol. The van der Waals surface area contributed by atoms with Crippen molar-refractivity contribution >= 4 is 23.3 Å². The number of esters is 1. The van der Waals surface area contributed by atoms with Crippen LogP contribution in [0.2, 0.25) is 0 Å². The summed E-state index contributed by atoms with van der Waals surface area (Å²) in [6.45, 7) is 1.45. The number of nitrogens with zero attached hydrogens (tertiary/aromatic N) is 1. The molecule has 1 N–H and O–H groups in total. The first kappa shape index (κ1) is 21.9. The number of nitrogens with one attached hydrogen (secondary N) is 1. The number of Topliss-reactive ketones (excluding diaryl/α,β-unsaturated/α-hetero) is 1. The van der Waals surface area contributed by atoms with Gasteiger partial charge in [0.15, 0.2) is 19.0 Å². The molecule has 0 unspecified atom stereocenters. The highest BCUT2D eigenvalue weighted by molar-refractivity contribution is 5.95. The zero-order chi connectivity index (χ0) is 21.2. The molecule has 29 heavy (non-hydrogen) atoms. The van der Waals surface area contributed by atoms with Crippen LogP contribution in [-0.4, -0.2) is 45.0 Å². The summed E-state index contributed by atoms with van der Waals surface area (Å²) in [5.74, 6) is -0.558. The second kappa shape index (κ2) is 10.8. The fraction of sp³-hybridized carbons (Fsp3) is 0.318. The molecule has 0 atom stereocenters. The first-order valence-corrected chi connectivity index (χ1v) is 9.33. The Hall–Kier alpha value is -3.35. The number of hydrogen-bond acceptors (Lipinski definition) is 6. The van der Waals surface area contributed by atoms with E-state index in [4.69, 9.17) is 9.47 Å². The lowest BCUT2D eigenvalue weighted by molar-refractivity contribution is -0.150. The average molecular weight is 398 g/mol. The van der Waals surface area contributed by atoms with Crippen LogP contribution in [0, 0.1) is 0 Å². The lowest BCUT2D eigenvalue weighted by Gasteiger charge is -2.13. The normalized spacial score (nSPS) is 10.2. The molecule has 7 heteroatoms. The molecule has 1 amide bonds. The molecule has 0 saturated carbocycles. The smallest absolute Gasteiger partial charge is 0.344 e. The third-order valence-electron chi connectivity index (χ3n) is 4.16. The Labute approximate surface area is 170 Å². The lowest BCUT2D eigenvalue weighted by atomic mass is 10.1. The third kappa shape index (κ3) is 7.29. The van der Waals surface area contributed by atoms with Crippen molar-refractivity contribution in [2.75, 3.05) is 32.2 Å². The van der Waals surface area contributed by atoms with E-state index in [0.717, 1.165) is 11.3 Å². The van der Waals surface area contributed by atoms with Gasteiger partial charge in [0.2, 0.25) is 0 Å². The molecule has 0 aromatic heterocycles. The van der Waals surface area contributed by atoms with Crippen LogP contribution in [-0.2, 0) is 20.9 Å². The topological polar surface area (TPSA) is 84.9 Å². The maximum Gasteiger partial charge on any atom is 0.344 e. The molecule has 2 rings (SSSR count). The largest absolute Gasteiger partial charge is 0.482 e. The molecular formula is C22H26N2O5. The van der Waals surface area contributed by atoms with Gasteiger partial charge in [-0.15, -0.1) is 0 Å². The van der Waals surface area contributed by atoms with Crippen molar-refractivity contribution in [1.82, 2.24) is 5.32 Å². The van der Waals surface area contributed by atoms with Gasteiger partial charge in [0, 0.05) is 38.3 Å². The number of benzene rings is 2. The molecule has 0 aliphatic heterocycles. The van der Waals surface area contributed by atoms with Gasteiger partial charge in [0.1, 0.15) is 5.75 Å². The van der Waals surface area contributed by atoms with Crippen LogP contribution >= 0.6 is 0 Å². The van der Waals surface area contributed by atoms with E-state index < -0.39 is 11.9 Å². The maximum absolute atomic E-state index is 11.8. The molecule has 0 aliphatic carbocycles. The Morgan fingerprint density at radius 1 is 0.931 bits per heavy atom. The SMILES string of the molecule is CCC(=O)c1ccc(OCC(=O)OCC(=O)NCc2ccc(N(C)C)cc2)cc1. The standard InChI is InChI=1S/C22H26N2O5/c1-4-20(25)17-7-11-19(12-8-17)28-15-22(27)29-14-21(26)23-13-16-5-9-18(10-6-16)24(2)3/h5-12H,4,13-15H2,1-3H3,(H,23,26). The summed E-state index contributed by atoms with van der Waals surface area (Å²) in [5.41, 5.74) is 2.61. The molecule has 0 spiro atoms. The Morgan fingerprint density at radius 3 is 2.17 bits per heavy atom. The van der Waals surface area contributed by atoms with Gasteiger partial charge in [-0.05, 0) is 42.0 Å². The Balaban J connectivity index is 1.67. The minimum atomic E-state index is -0.649. The quantitative estimate of drug-likeness (QED) is 0.489. The molecule has 0 aliphatic rings. The van der Waals surface area contributed by atoms with E-state index >= 15 is 0 Å². The van der Waals surface area contributed by atoms with Gasteiger partial charge in [-0.2, -0.15) is 0 Å². The molecular weight excluding hydrogens is 372 g/mol. The lowest BCUT2D eigenvalue weighted by Crippen LogP contribution is -2.29. The predicted octanol–water partition coefficient (Wildman–Crippen LogP) is 2.58. The van der Waals surface area contributed by atoms with E-state index in [-0.39, 0.29) is 19.0 Å². The maximum atomic E-state index is 11.8. The Bertz CT molecular complexity index is 829. The first-order valence-electron chi connectivity index (χ1n) is 9.33. The summed E-state index contributed by atoms with van der Waals surface area (Å²) in [6.07, 6.45) is 0.427. The van der Waals surface area contributed by atoms with Gasteiger partial charge >= 0.3 is 5.97 Å². The van der Waals surface area contributed by atoms with Crippen LogP contribution in [0.5, 0.6) is 5.75 Å². The van der Waals surface area contributed by atoms with Crippen LogP contribution < -0.4 is 15.0 Å². The van der Waals surface area contributed by atoms with E-state index in [1.807, 2.05) is 43.3 Å². The van der Waals surface area contributed by atoms with Crippen molar-refractivity contribution in [1.29, 1.82) is 0 Å². The molecule has 7 nitrogen and oxygen atoms in total. The zero-order valence-corrected chi connectivity index (χ0v) is 16.9. The fourth-order valence-electron chi connectivity index (χ4n) is 2.43. The van der Waals surface area contributed by atoms with Crippen molar-refractivity contribution in [2.24, 2.45) is 0 Å². The average Bonchev–Trinajstić information content (AvgIpc) is 2.74. The van der Waals surface area contributed by atoms with Gasteiger partial charge in [-0.25, -0.2) is 4.79 Å². The van der Waals surface area contributed by atoms with Crippen molar-refractivity contribution in [3.8, 4) is 5.75 Å². The van der Waals surface area contributed by atoms with Gasteiger partial charge in [0.25, 0.3) is 5.91 Å². The Kier molecular flexibility index (Phi) is 8.21. The van der Waals surface area contributed by atoms with E-state index in [1.54, 1.807) is 31.2 Å². The minimum absolute atomic E-state index is 0.0376. The van der Waals surface area contributed by atoms with Crippen LogP contribution in [0.1, 0.15) is 29.3 Å². The van der Waals surface area contributed by atoms with Gasteiger partial charge in [-0.3, -0.25) is 9.59 Å². The number of carbonyl (C=O) groups is 3. The molecule has 0 radical (unpaired) electrons. The number of ether oxygens (including phenoxy) is 2. The van der Waals surface area contributed by atoms with Crippen LogP contribution in [0.25, 0.3) is 0 Å². The number of carbonyl (C=O) groups excluding carboxylic acids is 3. The van der Waals surface area contributed by atoms with E-state index in [9.17, 15) is 14.4 Å². The molecule has 2 aromatic rings. The second-order valence-corrected chi connectivity index (χ2v) is 6.59. The van der Waals surface area contributed by atoms with Gasteiger partial charge in [0.05, 0.1) is 0 Å². The number of rotatable bonds is 10. The van der Waals surface area contributed by atoms with Crippen molar-refractivity contribution in [3.63, 3.8) is 0 Å². The summed E-state index contributed by atoms with van der Waals surface area (Å²) >= 11 is 0. The van der Waals surface area contributed by atoms with E-state index in [2.05, 4.69) is 5.32 Å². The van der Waals surface area contributed by atoms with E-state index in [1.165, 1.54) is 0 Å². The highest BCUT2D eigenvalue weighted by Crippen LogP contribution is 2.14. The third-order valence-corrected chi connectivity index (χ3v) is 4.16. The molecule has 0 fully saturated rings. The molecule has 154 valence electrons. The van der Waals surface area contributed by atoms with E-state index in [0.29, 0.717) is 24.3 Å². The summed E-state index contributed by atoms with van der Waals surface area (Å²) < 4.78 is 10.2. The molecule has 0 heterocycles. The van der Waals surface area contributed by atoms with Crippen LogP contribution in [0.3, 0.4) is 0 Å². The predicted molar refractivity (Wildman–Crippen MR) is 110 cm³/mol. The summed E-state index contributed by atoms with van der Waals surface area (Å²) in [4.78, 5) is 37.1. The van der Waals surface area contributed by atoms with Crippen molar-refractivity contribution < 1.29 is 23.9 Å². The van der Waals surface area contributed by atoms with Gasteiger partial charge in [-0.1, -0.05) is 19.1 Å². The van der Waals surface area contributed by atoms with Crippen molar-refractivity contribution in [3.05, 3.63) is 59.7 Å². The summed E-state index contributed by atoms with van der Waals surface area (Å²) in [6, 6.07) is 14.3. The fourth-order valence-corrected chi connectivity index (χ4v) is 2.43.